The first-order valence-corrected chi connectivity index (χ1v) is 7.89. The molecule has 1 N–H and O–H groups in total. The van der Waals surface area contributed by atoms with Crippen molar-refractivity contribution in [3.05, 3.63) is 48.0 Å². The molecule has 2 aromatic rings. The molecule has 6 heteroatoms. The van der Waals surface area contributed by atoms with E-state index in [-0.39, 0.29) is 6.04 Å². The molecule has 0 saturated carbocycles. The fourth-order valence-electron chi connectivity index (χ4n) is 2.35. The quantitative estimate of drug-likeness (QED) is 0.926. The van der Waals surface area contributed by atoms with Gasteiger partial charge in [0.15, 0.2) is 0 Å². The van der Waals surface area contributed by atoms with Crippen LogP contribution in [0.5, 0.6) is 11.5 Å². The normalized spacial score (nSPS) is 19.4. The highest BCUT2D eigenvalue weighted by atomic mass is 32.2. The van der Waals surface area contributed by atoms with Crippen molar-refractivity contribution < 1.29 is 17.3 Å². The van der Waals surface area contributed by atoms with Crippen molar-refractivity contribution in [2.75, 3.05) is 7.11 Å². The molecule has 110 valence electrons. The summed E-state index contributed by atoms with van der Waals surface area (Å²) >= 11 is 0. The fraction of sp³-hybridized carbons (Fsp3) is 0.200. The molecule has 1 heterocycles. The Balaban J connectivity index is 2.02. The average molecular weight is 305 g/mol. The largest absolute Gasteiger partial charge is 0.497 e. The zero-order valence-electron chi connectivity index (χ0n) is 11.7. The molecule has 0 aromatic heterocycles. The minimum absolute atomic E-state index is 0.302. The Kier molecular flexibility index (Phi) is 3.35. The zero-order chi connectivity index (χ0) is 15.0. The van der Waals surface area contributed by atoms with Crippen LogP contribution in [0, 0.1) is 0 Å². The molecule has 5 nitrogen and oxygen atoms in total. The Labute approximate surface area is 123 Å². The smallest absolute Gasteiger partial charge is 0.383 e. The van der Waals surface area contributed by atoms with Gasteiger partial charge in [-0.1, -0.05) is 24.3 Å². The van der Waals surface area contributed by atoms with Gasteiger partial charge in [0, 0.05) is 5.56 Å². The fourth-order valence-corrected chi connectivity index (χ4v) is 3.34. The van der Waals surface area contributed by atoms with Gasteiger partial charge in [-0.15, -0.1) is 0 Å². The van der Waals surface area contributed by atoms with Gasteiger partial charge < -0.3 is 8.92 Å². The van der Waals surface area contributed by atoms with Crippen LogP contribution in [0.25, 0.3) is 11.1 Å². The molecule has 21 heavy (non-hydrogen) atoms. The second kappa shape index (κ2) is 5.05. The molecule has 0 bridgehead atoms. The van der Waals surface area contributed by atoms with Crippen LogP contribution < -0.4 is 13.6 Å². The van der Waals surface area contributed by atoms with Gasteiger partial charge in [-0.3, -0.25) is 0 Å². The lowest BCUT2D eigenvalue weighted by molar-refractivity contribution is 0.415. The molecular formula is C15H15NO4S. The lowest BCUT2D eigenvalue weighted by atomic mass is 10.0. The standard InChI is InChI=1S/C15H15NO4S/c1-10-14-8-5-12(9-15(14)20-21(17,18)16-10)11-3-6-13(19-2)7-4-11/h3-10,16H,1-2H3. The number of fused-ring (bicyclic) bond motifs is 1. The van der Waals surface area contributed by atoms with Gasteiger partial charge in [0.25, 0.3) is 0 Å². The Hall–Kier alpha value is -2.05. The summed E-state index contributed by atoms with van der Waals surface area (Å²) in [4.78, 5) is 0. The minimum atomic E-state index is -3.72. The number of rotatable bonds is 2. The molecule has 1 aliphatic heterocycles. The second-order valence-corrected chi connectivity index (χ2v) is 6.17. The molecule has 3 rings (SSSR count). The van der Waals surface area contributed by atoms with E-state index in [0.717, 1.165) is 22.4 Å². The SMILES string of the molecule is COc1ccc(-c2ccc3c(c2)OS(=O)(=O)NC3C)cc1. The van der Waals surface area contributed by atoms with Crippen LogP contribution in [0.1, 0.15) is 18.5 Å². The highest BCUT2D eigenvalue weighted by molar-refractivity contribution is 7.85. The first kappa shape index (κ1) is 13.9. The van der Waals surface area contributed by atoms with E-state index < -0.39 is 10.3 Å². The maximum Gasteiger partial charge on any atom is 0.383 e. The first-order chi connectivity index (χ1) is 9.98. The van der Waals surface area contributed by atoms with Crippen molar-refractivity contribution in [3.63, 3.8) is 0 Å². The van der Waals surface area contributed by atoms with Crippen LogP contribution in [-0.4, -0.2) is 15.5 Å². The van der Waals surface area contributed by atoms with E-state index >= 15 is 0 Å². The third-order valence-electron chi connectivity index (χ3n) is 3.42. The molecule has 1 atom stereocenters. The summed E-state index contributed by atoms with van der Waals surface area (Å²) in [6, 6.07) is 12.8. The van der Waals surface area contributed by atoms with E-state index in [9.17, 15) is 8.42 Å². The third-order valence-corrected chi connectivity index (χ3v) is 4.47. The van der Waals surface area contributed by atoms with E-state index in [2.05, 4.69) is 4.72 Å². The number of hydrogen-bond donors (Lipinski definition) is 1. The molecule has 1 unspecified atom stereocenters. The van der Waals surface area contributed by atoms with E-state index in [0.29, 0.717) is 5.75 Å². The topological polar surface area (TPSA) is 64.6 Å². The molecule has 0 aliphatic carbocycles. The zero-order valence-corrected chi connectivity index (χ0v) is 12.5. The third kappa shape index (κ3) is 2.72. The van der Waals surface area contributed by atoms with Crippen LogP contribution in [0.4, 0.5) is 0 Å². The van der Waals surface area contributed by atoms with Crippen LogP contribution >= 0.6 is 0 Å². The van der Waals surface area contributed by atoms with E-state index in [1.807, 2.05) is 36.4 Å². The van der Waals surface area contributed by atoms with E-state index in [1.54, 1.807) is 20.1 Å². The molecule has 0 spiro atoms. The highest BCUT2D eigenvalue weighted by Gasteiger charge is 2.27. The van der Waals surface area contributed by atoms with Gasteiger partial charge in [0.05, 0.1) is 13.2 Å². The van der Waals surface area contributed by atoms with Crippen molar-refractivity contribution in [1.82, 2.24) is 4.72 Å². The summed E-state index contributed by atoms with van der Waals surface area (Å²) in [5.74, 6) is 1.14. The maximum absolute atomic E-state index is 11.6. The molecule has 0 fully saturated rings. The van der Waals surface area contributed by atoms with E-state index in [1.165, 1.54) is 0 Å². The van der Waals surface area contributed by atoms with Crippen LogP contribution in [0.15, 0.2) is 42.5 Å². The van der Waals surface area contributed by atoms with Crippen LogP contribution in [0.3, 0.4) is 0 Å². The van der Waals surface area contributed by atoms with Crippen molar-refractivity contribution in [3.8, 4) is 22.6 Å². The lowest BCUT2D eigenvalue weighted by Gasteiger charge is -2.24. The average Bonchev–Trinajstić information content (AvgIpc) is 2.45. The van der Waals surface area contributed by atoms with Crippen molar-refractivity contribution >= 4 is 10.3 Å². The predicted molar refractivity (Wildman–Crippen MR) is 79.5 cm³/mol. The Bertz CT molecular complexity index is 769. The van der Waals surface area contributed by atoms with Crippen molar-refractivity contribution in [1.29, 1.82) is 0 Å². The summed E-state index contributed by atoms with van der Waals surface area (Å²) in [6.45, 7) is 1.78. The van der Waals surface area contributed by atoms with Crippen LogP contribution in [-0.2, 0) is 10.3 Å². The lowest BCUT2D eigenvalue weighted by Crippen LogP contribution is -2.35. The van der Waals surface area contributed by atoms with Gasteiger partial charge >= 0.3 is 10.3 Å². The maximum atomic E-state index is 11.6. The Morgan fingerprint density at radius 1 is 1.10 bits per heavy atom. The van der Waals surface area contributed by atoms with Gasteiger partial charge in [-0.2, -0.15) is 13.1 Å². The molecule has 2 aromatic carbocycles. The summed E-state index contributed by atoms with van der Waals surface area (Å²) in [7, 11) is -2.11. The Morgan fingerprint density at radius 3 is 2.43 bits per heavy atom. The monoisotopic (exact) mass is 305 g/mol. The molecular weight excluding hydrogens is 290 g/mol. The number of benzene rings is 2. The van der Waals surface area contributed by atoms with Gasteiger partial charge in [-0.25, -0.2) is 0 Å². The first-order valence-electron chi connectivity index (χ1n) is 6.48. The van der Waals surface area contributed by atoms with Gasteiger partial charge in [0.1, 0.15) is 11.5 Å². The van der Waals surface area contributed by atoms with Crippen molar-refractivity contribution in [2.24, 2.45) is 0 Å². The molecule has 1 aliphatic rings. The Morgan fingerprint density at radius 2 is 1.76 bits per heavy atom. The minimum Gasteiger partial charge on any atom is -0.497 e. The molecule has 0 saturated heterocycles. The number of hydrogen-bond acceptors (Lipinski definition) is 4. The molecule has 0 radical (unpaired) electrons. The number of nitrogens with one attached hydrogen (secondary N) is 1. The van der Waals surface area contributed by atoms with Gasteiger partial charge in [-0.05, 0) is 36.2 Å². The number of methoxy groups -OCH3 is 1. The summed E-state index contributed by atoms with van der Waals surface area (Å²) < 4.78 is 35.8. The van der Waals surface area contributed by atoms with Crippen molar-refractivity contribution in [2.45, 2.75) is 13.0 Å². The van der Waals surface area contributed by atoms with Crippen LogP contribution in [0.2, 0.25) is 0 Å². The summed E-state index contributed by atoms with van der Waals surface area (Å²) in [5.41, 5.74) is 2.67. The second-order valence-electron chi connectivity index (χ2n) is 4.86. The molecule has 0 amide bonds. The highest BCUT2D eigenvalue weighted by Crippen LogP contribution is 2.35. The predicted octanol–water partition coefficient (Wildman–Crippen LogP) is 2.65. The van der Waals surface area contributed by atoms with E-state index in [4.69, 9.17) is 8.92 Å². The summed E-state index contributed by atoms with van der Waals surface area (Å²) in [5, 5.41) is 0. The van der Waals surface area contributed by atoms with Gasteiger partial charge in [0.2, 0.25) is 0 Å². The number of ether oxygens (including phenoxy) is 1. The summed E-state index contributed by atoms with van der Waals surface area (Å²) in [6.07, 6.45) is 0.